The molecule has 7 heteroatoms. The highest BCUT2D eigenvalue weighted by atomic mass is 32.1. The number of hydrogen-bond acceptors (Lipinski definition) is 4. The first-order valence-electron chi connectivity index (χ1n) is 6.15. The molecule has 0 atom stereocenters. The maximum absolute atomic E-state index is 12.3. The number of aromatic nitrogens is 1. The van der Waals surface area contributed by atoms with Gasteiger partial charge in [-0.3, -0.25) is 4.79 Å². The Morgan fingerprint density at radius 3 is 2.68 bits per heavy atom. The first kappa shape index (κ1) is 13.8. The molecule has 104 valence electrons. The lowest BCUT2D eigenvalue weighted by atomic mass is 9.94. The predicted molar refractivity (Wildman–Crippen MR) is 76.2 cm³/mol. The van der Waals surface area contributed by atoms with Crippen LogP contribution in [0.3, 0.4) is 0 Å². The van der Waals surface area contributed by atoms with Gasteiger partial charge in [0.2, 0.25) is 11.0 Å². The van der Waals surface area contributed by atoms with E-state index in [0.29, 0.717) is 18.2 Å². The second-order valence-corrected chi connectivity index (χ2v) is 6.69. The topological polar surface area (TPSA) is 97.6 Å². The van der Waals surface area contributed by atoms with E-state index in [-0.39, 0.29) is 17.3 Å². The summed E-state index contributed by atoms with van der Waals surface area (Å²) in [5.74, 6) is 0.170. The molecule has 1 aliphatic rings. The molecule has 2 rings (SSSR count). The van der Waals surface area contributed by atoms with Crippen LogP contribution in [-0.2, 0) is 17.8 Å². The van der Waals surface area contributed by atoms with E-state index in [2.05, 4.69) is 9.98 Å². The lowest BCUT2D eigenvalue weighted by molar-refractivity contribution is -0.140. The van der Waals surface area contributed by atoms with Crippen LogP contribution in [0.15, 0.2) is 4.99 Å². The fourth-order valence-corrected chi connectivity index (χ4v) is 3.00. The largest absolute Gasteiger partial charge is 0.370 e. The van der Waals surface area contributed by atoms with Gasteiger partial charge in [-0.1, -0.05) is 32.1 Å². The molecule has 1 amide bonds. The molecule has 0 aromatic carbocycles. The van der Waals surface area contributed by atoms with Gasteiger partial charge >= 0.3 is 0 Å². The van der Waals surface area contributed by atoms with Crippen LogP contribution in [0.2, 0.25) is 0 Å². The Balaban J connectivity index is 2.18. The zero-order valence-corrected chi connectivity index (χ0v) is 12.3. The minimum Gasteiger partial charge on any atom is -0.370 e. The summed E-state index contributed by atoms with van der Waals surface area (Å²) in [6.07, 6.45) is 0.758. The van der Waals surface area contributed by atoms with Gasteiger partial charge in [-0.2, -0.15) is 4.99 Å². The van der Waals surface area contributed by atoms with Crippen molar-refractivity contribution in [3.8, 4) is 0 Å². The van der Waals surface area contributed by atoms with Gasteiger partial charge in [-0.25, -0.2) is 4.98 Å². The smallest absolute Gasteiger partial charge is 0.228 e. The van der Waals surface area contributed by atoms with Gasteiger partial charge in [0.1, 0.15) is 0 Å². The Bertz CT molecular complexity index is 525. The average molecular weight is 281 g/mol. The van der Waals surface area contributed by atoms with Gasteiger partial charge in [-0.05, 0) is 0 Å². The minimum absolute atomic E-state index is 0.00807. The molecule has 1 aliphatic heterocycles. The fraction of sp³-hybridized carbons (Fsp3) is 0.583. The standard InChI is InChI=1S/C12H19N5OS/c1-12(2,3)9(18)17-5-4-7-8(6-17)19-11(15-7)16-10(13)14/h4-6H2,1-3H3,(H4,13,14,15,16). The highest BCUT2D eigenvalue weighted by Crippen LogP contribution is 2.31. The van der Waals surface area contributed by atoms with Crippen LogP contribution in [-0.4, -0.2) is 28.3 Å². The van der Waals surface area contributed by atoms with Gasteiger partial charge < -0.3 is 16.4 Å². The summed E-state index contributed by atoms with van der Waals surface area (Å²) in [5, 5.41) is 0.565. The summed E-state index contributed by atoms with van der Waals surface area (Å²) in [6, 6.07) is 0. The minimum atomic E-state index is -0.356. The molecule has 4 N–H and O–H groups in total. The third kappa shape index (κ3) is 3.04. The second kappa shape index (κ2) is 4.80. The van der Waals surface area contributed by atoms with E-state index in [1.54, 1.807) is 0 Å². The van der Waals surface area contributed by atoms with E-state index in [9.17, 15) is 4.79 Å². The summed E-state index contributed by atoms with van der Waals surface area (Å²) < 4.78 is 0. The number of fused-ring (bicyclic) bond motifs is 1. The van der Waals surface area contributed by atoms with Gasteiger partial charge in [0.25, 0.3) is 0 Å². The Hall–Kier alpha value is -1.63. The molecule has 0 saturated carbocycles. The number of nitrogens with zero attached hydrogens (tertiary/aromatic N) is 3. The second-order valence-electron chi connectivity index (χ2n) is 5.63. The first-order valence-corrected chi connectivity index (χ1v) is 6.96. The van der Waals surface area contributed by atoms with Gasteiger partial charge in [0, 0.05) is 23.3 Å². The molecular formula is C12H19N5OS. The van der Waals surface area contributed by atoms with Crippen LogP contribution < -0.4 is 11.5 Å². The van der Waals surface area contributed by atoms with Crippen molar-refractivity contribution in [3.05, 3.63) is 10.6 Å². The first-order chi connectivity index (χ1) is 8.77. The van der Waals surface area contributed by atoms with Crippen LogP contribution in [0, 0.1) is 5.41 Å². The molecular weight excluding hydrogens is 262 g/mol. The third-order valence-electron chi connectivity index (χ3n) is 2.87. The molecule has 6 nitrogen and oxygen atoms in total. The van der Waals surface area contributed by atoms with Crippen molar-refractivity contribution in [1.82, 2.24) is 9.88 Å². The predicted octanol–water partition coefficient (Wildman–Crippen LogP) is 0.979. The van der Waals surface area contributed by atoms with Crippen LogP contribution in [0.1, 0.15) is 31.3 Å². The fourth-order valence-electron chi connectivity index (χ4n) is 1.99. The molecule has 2 heterocycles. The van der Waals surface area contributed by atoms with Crippen molar-refractivity contribution in [2.24, 2.45) is 21.9 Å². The molecule has 0 radical (unpaired) electrons. The molecule has 0 aliphatic carbocycles. The summed E-state index contributed by atoms with van der Waals surface area (Å²) in [4.78, 5) is 23.5. The molecule has 1 aromatic heterocycles. The number of hydrogen-bond donors (Lipinski definition) is 2. The molecule has 0 bridgehead atoms. The maximum atomic E-state index is 12.3. The van der Waals surface area contributed by atoms with Crippen molar-refractivity contribution in [2.75, 3.05) is 6.54 Å². The van der Waals surface area contributed by atoms with E-state index in [0.717, 1.165) is 17.0 Å². The number of rotatable bonds is 1. The van der Waals surface area contributed by atoms with E-state index in [1.807, 2.05) is 25.7 Å². The van der Waals surface area contributed by atoms with Crippen LogP contribution in [0.5, 0.6) is 0 Å². The van der Waals surface area contributed by atoms with Crippen molar-refractivity contribution >= 4 is 28.3 Å². The molecule has 0 saturated heterocycles. The van der Waals surface area contributed by atoms with Crippen LogP contribution in [0.25, 0.3) is 0 Å². The number of carbonyl (C=O) groups excluding carboxylic acids is 1. The Morgan fingerprint density at radius 2 is 2.11 bits per heavy atom. The van der Waals surface area contributed by atoms with Crippen molar-refractivity contribution in [3.63, 3.8) is 0 Å². The quantitative estimate of drug-likeness (QED) is 0.592. The normalized spacial score (nSPS) is 15.0. The highest BCUT2D eigenvalue weighted by molar-refractivity contribution is 7.15. The summed E-state index contributed by atoms with van der Waals surface area (Å²) in [5.41, 5.74) is 11.3. The molecule has 1 aromatic rings. The lowest BCUT2D eigenvalue weighted by Gasteiger charge is -2.31. The van der Waals surface area contributed by atoms with E-state index in [4.69, 9.17) is 11.5 Å². The molecule has 0 spiro atoms. The summed E-state index contributed by atoms with van der Waals surface area (Å²) in [7, 11) is 0. The molecule has 0 fully saturated rings. The number of nitrogens with two attached hydrogens (primary N) is 2. The van der Waals surface area contributed by atoms with E-state index >= 15 is 0 Å². The summed E-state index contributed by atoms with van der Waals surface area (Å²) in [6.45, 7) is 7.10. The Morgan fingerprint density at radius 1 is 1.42 bits per heavy atom. The molecule has 0 unspecified atom stereocenters. The summed E-state index contributed by atoms with van der Waals surface area (Å²) >= 11 is 1.44. The molecule has 19 heavy (non-hydrogen) atoms. The van der Waals surface area contributed by atoms with Gasteiger partial charge in [-0.15, -0.1) is 0 Å². The van der Waals surface area contributed by atoms with E-state index in [1.165, 1.54) is 11.3 Å². The zero-order chi connectivity index (χ0) is 14.2. The number of guanidine groups is 1. The Labute approximate surface area is 116 Å². The van der Waals surface area contributed by atoms with E-state index < -0.39 is 0 Å². The maximum Gasteiger partial charge on any atom is 0.228 e. The van der Waals surface area contributed by atoms with Crippen molar-refractivity contribution in [1.29, 1.82) is 0 Å². The SMILES string of the molecule is CC(C)(C)C(=O)N1CCc2nc(N=C(N)N)sc2C1. The number of aliphatic imine (C=N–C) groups is 1. The average Bonchev–Trinajstić information content (AvgIpc) is 2.66. The number of amides is 1. The Kier molecular flexibility index (Phi) is 3.49. The van der Waals surface area contributed by atoms with Gasteiger partial charge in [0.05, 0.1) is 12.2 Å². The van der Waals surface area contributed by atoms with Gasteiger partial charge in [0.15, 0.2) is 5.96 Å². The third-order valence-corrected chi connectivity index (χ3v) is 3.85. The number of thiazole rings is 1. The number of carbonyl (C=O) groups is 1. The monoisotopic (exact) mass is 281 g/mol. The van der Waals surface area contributed by atoms with Crippen LogP contribution in [0.4, 0.5) is 5.13 Å². The lowest BCUT2D eigenvalue weighted by Crippen LogP contribution is -2.42. The van der Waals surface area contributed by atoms with Crippen LogP contribution >= 0.6 is 11.3 Å². The highest BCUT2D eigenvalue weighted by Gasteiger charge is 2.30. The zero-order valence-electron chi connectivity index (χ0n) is 11.4. The van der Waals surface area contributed by atoms with Crippen molar-refractivity contribution < 1.29 is 4.79 Å². The van der Waals surface area contributed by atoms with Crippen molar-refractivity contribution in [2.45, 2.75) is 33.7 Å².